The quantitative estimate of drug-likeness (QED) is 0.611. The van der Waals surface area contributed by atoms with Gasteiger partial charge in [-0.2, -0.15) is 0 Å². The Labute approximate surface area is 189 Å². The van der Waals surface area contributed by atoms with Gasteiger partial charge in [-0.25, -0.2) is 4.98 Å². The Bertz CT molecular complexity index is 1140. The highest BCUT2D eigenvalue weighted by atomic mass is 35.5. The number of halogens is 1. The molecular formula is C23H22ClN3O3S. The fraction of sp³-hybridized carbons (Fsp3) is 0.348. The number of benzene rings is 1. The third-order valence-corrected chi connectivity index (χ3v) is 7.37. The second-order valence-corrected chi connectivity index (χ2v) is 9.37. The highest BCUT2D eigenvalue weighted by Gasteiger charge is 2.32. The van der Waals surface area contributed by atoms with E-state index in [0.717, 1.165) is 53.8 Å². The van der Waals surface area contributed by atoms with E-state index < -0.39 is 0 Å². The van der Waals surface area contributed by atoms with Crippen molar-refractivity contribution < 1.29 is 14.0 Å². The van der Waals surface area contributed by atoms with Crippen molar-refractivity contribution in [2.75, 3.05) is 13.1 Å². The van der Waals surface area contributed by atoms with Gasteiger partial charge in [0.15, 0.2) is 5.76 Å². The molecule has 2 amide bonds. The number of furan rings is 1. The van der Waals surface area contributed by atoms with Gasteiger partial charge >= 0.3 is 0 Å². The summed E-state index contributed by atoms with van der Waals surface area (Å²) in [5.41, 5.74) is 3.00. The SMILES string of the molecule is O=C(NC[C@H]1CCCN1C(=O)c1cnc(-c2ccccc2Cl)s1)c1occ2c1CCC2. The molecule has 0 unspecified atom stereocenters. The number of amides is 2. The standard InChI is InChI=1S/C23H22ClN3O3S/c24-18-9-2-1-7-17(18)22-26-12-19(31-22)23(29)27-10-4-6-15(27)11-25-21(28)20-16-8-3-5-14(16)13-30-20/h1-2,7,9,12-13,15H,3-6,8,10-11H2,(H,25,28)/t15-/m1/s1. The van der Waals surface area contributed by atoms with Crippen LogP contribution in [0.3, 0.4) is 0 Å². The maximum atomic E-state index is 13.1. The minimum absolute atomic E-state index is 0.0367. The molecule has 1 atom stereocenters. The minimum Gasteiger partial charge on any atom is -0.459 e. The van der Waals surface area contributed by atoms with E-state index in [4.69, 9.17) is 16.0 Å². The van der Waals surface area contributed by atoms with E-state index in [2.05, 4.69) is 10.3 Å². The van der Waals surface area contributed by atoms with Crippen molar-refractivity contribution in [2.45, 2.75) is 38.1 Å². The van der Waals surface area contributed by atoms with E-state index in [1.54, 1.807) is 12.5 Å². The van der Waals surface area contributed by atoms with E-state index in [1.807, 2.05) is 29.2 Å². The molecular weight excluding hydrogens is 434 g/mol. The molecule has 160 valence electrons. The zero-order valence-electron chi connectivity index (χ0n) is 16.9. The first-order valence-electron chi connectivity index (χ1n) is 10.5. The summed E-state index contributed by atoms with van der Waals surface area (Å²) in [6.07, 6.45) is 8.02. The number of hydrogen-bond donors (Lipinski definition) is 1. The third-order valence-electron chi connectivity index (χ3n) is 6.02. The van der Waals surface area contributed by atoms with Gasteiger partial charge in [0.2, 0.25) is 0 Å². The summed E-state index contributed by atoms with van der Waals surface area (Å²) in [5.74, 6) is 0.183. The molecule has 0 radical (unpaired) electrons. The Balaban J connectivity index is 1.25. The van der Waals surface area contributed by atoms with E-state index in [0.29, 0.717) is 28.7 Å². The van der Waals surface area contributed by atoms with Crippen molar-refractivity contribution in [3.05, 3.63) is 63.5 Å². The molecule has 2 aliphatic rings. The van der Waals surface area contributed by atoms with Gasteiger partial charge in [-0.3, -0.25) is 9.59 Å². The van der Waals surface area contributed by atoms with Crippen LogP contribution < -0.4 is 5.32 Å². The predicted octanol–water partition coefficient (Wildman–Crippen LogP) is 4.58. The molecule has 0 bridgehead atoms. The number of nitrogens with one attached hydrogen (secondary N) is 1. The monoisotopic (exact) mass is 455 g/mol. The molecule has 1 aliphatic carbocycles. The molecule has 5 rings (SSSR count). The van der Waals surface area contributed by atoms with Crippen LogP contribution in [0.25, 0.3) is 10.6 Å². The molecule has 3 aromatic rings. The Morgan fingerprint density at radius 3 is 3.00 bits per heavy atom. The van der Waals surface area contributed by atoms with Crippen molar-refractivity contribution in [2.24, 2.45) is 0 Å². The number of nitrogens with zero attached hydrogens (tertiary/aromatic N) is 2. The number of fused-ring (bicyclic) bond motifs is 1. The summed E-state index contributed by atoms with van der Waals surface area (Å²) >= 11 is 7.61. The largest absolute Gasteiger partial charge is 0.459 e. The van der Waals surface area contributed by atoms with Gasteiger partial charge in [-0.15, -0.1) is 11.3 Å². The maximum absolute atomic E-state index is 13.1. The lowest BCUT2D eigenvalue weighted by molar-refractivity contribution is 0.0727. The first-order chi connectivity index (χ1) is 15.1. The molecule has 31 heavy (non-hydrogen) atoms. The van der Waals surface area contributed by atoms with Crippen LogP contribution >= 0.6 is 22.9 Å². The number of rotatable bonds is 5. The highest BCUT2D eigenvalue weighted by molar-refractivity contribution is 7.17. The maximum Gasteiger partial charge on any atom is 0.287 e. The molecule has 3 heterocycles. The second-order valence-electron chi connectivity index (χ2n) is 7.94. The number of aryl methyl sites for hydroxylation is 1. The van der Waals surface area contributed by atoms with Crippen LogP contribution in [0.5, 0.6) is 0 Å². The molecule has 0 saturated carbocycles. The van der Waals surface area contributed by atoms with Crippen LogP contribution in [-0.4, -0.2) is 40.8 Å². The smallest absolute Gasteiger partial charge is 0.287 e. The first-order valence-corrected chi connectivity index (χ1v) is 11.7. The summed E-state index contributed by atoms with van der Waals surface area (Å²) in [4.78, 5) is 32.6. The fourth-order valence-corrected chi connectivity index (χ4v) is 5.62. The van der Waals surface area contributed by atoms with Crippen molar-refractivity contribution in [3.63, 3.8) is 0 Å². The summed E-state index contributed by atoms with van der Waals surface area (Å²) in [5, 5.41) is 4.31. The van der Waals surface area contributed by atoms with Crippen molar-refractivity contribution >= 4 is 34.8 Å². The lowest BCUT2D eigenvalue weighted by Gasteiger charge is -2.24. The van der Waals surface area contributed by atoms with E-state index in [9.17, 15) is 9.59 Å². The average molecular weight is 456 g/mol. The van der Waals surface area contributed by atoms with Gasteiger partial charge in [0.05, 0.1) is 17.5 Å². The van der Waals surface area contributed by atoms with Crippen LogP contribution in [0.15, 0.2) is 41.1 Å². The Morgan fingerprint density at radius 1 is 1.26 bits per heavy atom. The number of carbonyl (C=O) groups is 2. The van der Waals surface area contributed by atoms with Crippen LogP contribution in [0, 0.1) is 0 Å². The molecule has 0 spiro atoms. The zero-order valence-corrected chi connectivity index (χ0v) is 18.5. The molecule has 1 fully saturated rings. The summed E-state index contributed by atoms with van der Waals surface area (Å²) in [6, 6.07) is 7.44. The Morgan fingerprint density at radius 2 is 2.13 bits per heavy atom. The molecule has 2 aromatic heterocycles. The lowest BCUT2D eigenvalue weighted by atomic mass is 10.1. The van der Waals surface area contributed by atoms with Crippen LogP contribution in [-0.2, 0) is 12.8 Å². The third kappa shape index (κ3) is 3.88. The number of hydrogen-bond acceptors (Lipinski definition) is 5. The average Bonchev–Trinajstić information content (AvgIpc) is 3.56. The van der Waals surface area contributed by atoms with Gasteiger partial charge in [0, 0.05) is 30.3 Å². The lowest BCUT2D eigenvalue weighted by Crippen LogP contribution is -2.43. The van der Waals surface area contributed by atoms with Crippen LogP contribution in [0.4, 0.5) is 0 Å². The predicted molar refractivity (Wildman–Crippen MR) is 120 cm³/mol. The normalized spacial score (nSPS) is 17.7. The van der Waals surface area contributed by atoms with E-state index in [-0.39, 0.29) is 17.9 Å². The minimum atomic E-state index is -0.193. The number of likely N-dealkylation sites (tertiary alicyclic amines) is 1. The highest BCUT2D eigenvalue weighted by Crippen LogP contribution is 2.32. The molecule has 6 nitrogen and oxygen atoms in total. The summed E-state index contributed by atoms with van der Waals surface area (Å²) in [6.45, 7) is 1.09. The first kappa shape index (κ1) is 20.3. The van der Waals surface area contributed by atoms with E-state index in [1.165, 1.54) is 11.3 Å². The molecule has 8 heteroatoms. The number of aromatic nitrogens is 1. The molecule has 1 N–H and O–H groups in total. The molecule has 1 saturated heterocycles. The second kappa shape index (κ2) is 8.48. The van der Waals surface area contributed by atoms with Crippen molar-refractivity contribution in [1.29, 1.82) is 0 Å². The summed E-state index contributed by atoms with van der Waals surface area (Å²) < 4.78 is 5.50. The van der Waals surface area contributed by atoms with Gasteiger partial charge in [0.1, 0.15) is 9.88 Å². The number of carbonyl (C=O) groups excluding carboxylic acids is 2. The molecule has 1 aliphatic heterocycles. The van der Waals surface area contributed by atoms with Crippen molar-refractivity contribution in [1.82, 2.24) is 15.2 Å². The summed E-state index contributed by atoms with van der Waals surface area (Å²) in [7, 11) is 0. The van der Waals surface area contributed by atoms with Crippen molar-refractivity contribution in [3.8, 4) is 10.6 Å². The van der Waals surface area contributed by atoms with Gasteiger partial charge < -0.3 is 14.6 Å². The van der Waals surface area contributed by atoms with Gasteiger partial charge in [-0.05, 0) is 43.7 Å². The zero-order chi connectivity index (χ0) is 21.4. The van der Waals surface area contributed by atoms with Crippen LogP contribution in [0.1, 0.15) is 50.6 Å². The Kier molecular flexibility index (Phi) is 5.54. The van der Waals surface area contributed by atoms with Crippen LogP contribution in [0.2, 0.25) is 5.02 Å². The van der Waals surface area contributed by atoms with Gasteiger partial charge in [0.25, 0.3) is 11.8 Å². The fourth-order valence-electron chi connectivity index (χ4n) is 4.43. The van der Waals surface area contributed by atoms with E-state index >= 15 is 0 Å². The molecule has 1 aromatic carbocycles. The number of thiazole rings is 1. The topological polar surface area (TPSA) is 75.4 Å². The van der Waals surface area contributed by atoms with Gasteiger partial charge in [-0.1, -0.05) is 29.8 Å². The Hall–Kier alpha value is -2.64.